The molecule has 1 aromatic heterocycles. The summed E-state index contributed by atoms with van der Waals surface area (Å²) in [5.41, 5.74) is 7.74. The van der Waals surface area contributed by atoms with Gasteiger partial charge >= 0.3 is 6.01 Å². The van der Waals surface area contributed by atoms with Crippen molar-refractivity contribution in [3.8, 4) is 17.3 Å². The largest absolute Gasteiger partial charge is 0.460 e. The minimum Gasteiger partial charge on any atom is -0.460 e. The van der Waals surface area contributed by atoms with Crippen molar-refractivity contribution in [1.82, 2.24) is 9.97 Å². The number of ether oxygens (including phenoxy) is 1. The molecule has 128 valence electrons. The van der Waals surface area contributed by atoms with Gasteiger partial charge in [-0.15, -0.1) is 0 Å². The third kappa shape index (κ3) is 3.64. The molecule has 4 rings (SSSR count). The maximum absolute atomic E-state index is 6.03. The van der Waals surface area contributed by atoms with E-state index in [9.17, 15) is 0 Å². The molecule has 1 aliphatic rings. The molecule has 0 radical (unpaired) electrons. The molecule has 0 spiro atoms. The van der Waals surface area contributed by atoms with E-state index in [1.165, 1.54) is 10.8 Å². The van der Waals surface area contributed by atoms with Crippen LogP contribution in [-0.4, -0.2) is 22.6 Å². The SMILES string of the molecule is NC[C@H]1CC[C@@H](Oc2nccc(-c3ccc4ccccc4c3)n2)CC1. The lowest BCUT2D eigenvalue weighted by Crippen LogP contribution is -2.28. The zero-order valence-corrected chi connectivity index (χ0v) is 14.3. The normalized spacial score (nSPS) is 20.5. The van der Waals surface area contributed by atoms with Crippen LogP contribution in [0, 0.1) is 5.92 Å². The molecule has 0 unspecified atom stereocenters. The molecule has 2 aromatic carbocycles. The maximum atomic E-state index is 6.03. The molecule has 4 nitrogen and oxygen atoms in total. The van der Waals surface area contributed by atoms with E-state index < -0.39 is 0 Å². The van der Waals surface area contributed by atoms with Crippen molar-refractivity contribution < 1.29 is 4.74 Å². The number of fused-ring (bicyclic) bond motifs is 1. The van der Waals surface area contributed by atoms with E-state index in [0.29, 0.717) is 11.9 Å². The van der Waals surface area contributed by atoms with Gasteiger partial charge in [0.25, 0.3) is 0 Å². The molecule has 0 atom stereocenters. The number of hydrogen-bond acceptors (Lipinski definition) is 4. The van der Waals surface area contributed by atoms with Crippen LogP contribution in [0.2, 0.25) is 0 Å². The summed E-state index contributed by atoms with van der Waals surface area (Å²) in [6.07, 6.45) is 6.31. The van der Waals surface area contributed by atoms with E-state index in [2.05, 4.69) is 52.4 Å². The summed E-state index contributed by atoms with van der Waals surface area (Å²) < 4.78 is 6.03. The fourth-order valence-corrected chi connectivity index (χ4v) is 3.54. The van der Waals surface area contributed by atoms with E-state index in [1.807, 2.05) is 6.07 Å². The van der Waals surface area contributed by atoms with E-state index in [-0.39, 0.29) is 6.10 Å². The van der Waals surface area contributed by atoms with Crippen LogP contribution in [0.1, 0.15) is 25.7 Å². The van der Waals surface area contributed by atoms with Crippen molar-refractivity contribution in [2.45, 2.75) is 31.8 Å². The second kappa shape index (κ2) is 7.19. The zero-order valence-electron chi connectivity index (χ0n) is 14.3. The number of benzene rings is 2. The minimum atomic E-state index is 0.203. The first-order valence-corrected chi connectivity index (χ1v) is 9.01. The number of nitrogens with two attached hydrogens (primary N) is 1. The first-order chi connectivity index (χ1) is 12.3. The summed E-state index contributed by atoms with van der Waals surface area (Å²) in [5.74, 6) is 0.643. The lowest BCUT2D eigenvalue weighted by atomic mass is 9.87. The first-order valence-electron chi connectivity index (χ1n) is 9.01. The Hall–Kier alpha value is -2.46. The number of nitrogens with zero attached hydrogens (tertiary/aromatic N) is 2. The number of hydrogen-bond donors (Lipinski definition) is 1. The summed E-state index contributed by atoms with van der Waals surface area (Å²) >= 11 is 0. The highest BCUT2D eigenvalue weighted by atomic mass is 16.5. The number of aromatic nitrogens is 2. The highest BCUT2D eigenvalue weighted by Crippen LogP contribution is 2.27. The van der Waals surface area contributed by atoms with Gasteiger partial charge in [0.1, 0.15) is 6.10 Å². The topological polar surface area (TPSA) is 61.0 Å². The lowest BCUT2D eigenvalue weighted by molar-refractivity contribution is 0.122. The fraction of sp³-hybridized carbons (Fsp3) is 0.333. The van der Waals surface area contributed by atoms with Gasteiger partial charge in [-0.05, 0) is 61.1 Å². The van der Waals surface area contributed by atoms with Gasteiger partial charge in [0, 0.05) is 11.8 Å². The fourth-order valence-electron chi connectivity index (χ4n) is 3.54. The maximum Gasteiger partial charge on any atom is 0.317 e. The van der Waals surface area contributed by atoms with Gasteiger partial charge in [-0.3, -0.25) is 0 Å². The Morgan fingerprint density at radius 1 is 0.960 bits per heavy atom. The van der Waals surface area contributed by atoms with Crippen molar-refractivity contribution in [2.75, 3.05) is 6.54 Å². The number of rotatable bonds is 4. The Kier molecular flexibility index (Phi) is 4.61. The van der Waals surface area contributed by atoms with E-state index in [1.54, 1.807) is 6.20 Å². The molecule has 0 bridgehead atoms. The molecular formula is C21H23N3O. The smallest absolute Gasteiger partial charge is 0.317 e. The Morgan fingerprint density at radius 3 is 2.56 bits per heavy atom. The highest BCUT2D eigenvalue weighted by molar-refractivity contribution is 5.86. The Bertz CT molecular complexity index is 856. The Balaban J connectivity index is 1.52. The molecular weight excluding hydrogens is 310 g/mol. The standard InChI is InChI=1S/C21H23N3O/c22-14-15-5-9-19(10-6-15)25-21-23-12-11-20(24-21)18-8-7-16-3-1-2-4-17(16)13-18/h1-4,7-8,11-13,15,19H,5-6,9-10,14,22H2/t15-,19+. The van der Waals surface area contributed by atoms with Crippen LogP contribution in [0.4, 0.5) is 0 Å². The summed E-state index contributed by atoms with van der Waals surface area (Å²) in [5, 5.41) is 2.44. The molecule has 2 N–H and O–H groups in total. The van der Waals surface area contributed by atoms with Gasteiger partial charge in [0.2, 0.25) is 0 Å². The molecule has 1 saturated carbocycles. The van der Waals surface area contributed by atoms with E-state index >= 15 is 0 Å². The minimum absolute atomic E-state index is 0.203. The van der Waals surface area contributed by atoms with Crippen LogP contribution in [0.3, 0.4) is 0 Å². The van der Waals surface area contributed by atoms with Gasteiger partial charge in [0.15, 0.2) is 0 Å². The quantitative estimate of drug-likeness (QED) is 0.777. The summed E-state index contributed by atoms with van der Waals surface area (Å²) in [4.78, 5) is 8.93. The molecule has 0 amide bonds. The average molecular weight is 333 g/mol. The van der Waals surface area contributed by atoms with Gasteiger partial charge in [0.05, 0.1) is 5.69 Å². The third-order valence-electron chi connectivity index (χ3n) is 5.08. The monoisotopic (exact) mass is 333 g/mol. The third-order valence-corrected chi connectivity index (χ3v) is 5.08. The Labute approximate surface area is 148 Å². The van der Waals surface area contributed by atoms with Crippen LogP contribution in [0.5, 0.6) is 6.01 Å². The van der Waals surface area contributed by atoms with Crippen molar-refractivity contribution in [3.63, 3.8) is 0 Å². The average Bonchev–Trinajstić information content (AvgIpc) is 2.68. The molecule has 0 saturated heterocycles. The van der Waals surface area contributed by atoms with Gasteiger partial charge in [-0.1, -0.05) is 36.4 Å². The van der Waals surface area contributed by atoms with Crippen LogP contribution in [-0.2, 0) is 0 Å². The van der Waals surface area contributed by atoms with Crippen LogP contribution >= 0.6 is 0 Å². The lowest BCUT2D eigenvalue weighted by Gasteiger charge is -2.27. The summed E-state index contributed by atoms with van der Waals surface area (Å²) in [6, 6.07) is 17.1. The predicted molar refractivity (Wildman–Crippen MR) is 100 cm³/mol. The summed E-state index contributed by atoms with van der Waals surface area (Å²) in [7, 11) is 0. The van der Waals surface area contributed by atoms with Crippen LogP contribution in [0.25, 0.3) is 22.0 Å². The first kappa shape index (κ1) is 16.0. The van der Waals surface area contributed by atoms with E-state index in [4.69, 9.17) is 10.5 Å². The van der Waals surface area contributed by atoms with Crippen molar-refractivity contribution in [1.29, 1.82) is 0 Å². The second-order valence-corrected chi connectivity index (χ2v) is 6.78. The zero-order chi connectivity index (χ0) is 17.1. The van der Waals surface area contributed by atoms with E-state index in [0.717, 1.165) is 43.5 Å². The van der Waals surface area contributed by atoms with Crippen LogP contribution < -0.4 is 10.5 Å². The molecule has 4 heteroatoms. The predicted octanol–water partition coefficient (Wildman–Crippen LogP) is 4.19. The molecule has 3 aromatic rings. The second-order valence-electron chi connectivity index (χ2n) is 6.78. The van der Waals surface area contributed by atoms with Gasteiger partial charge < -0.3 is 10.5 Å². The van der Waals surface area contributed by atoms with Crippen molar-refractivity contribution >= 4 is 10.8 Å². The van der Waals surface area contributed by atoms with Crippen molar-refractivity contribution in [2.24, 2.45) is 11.7 Å². The molecule has 25 heavy (non-hydrogen) atoms. The molecule has 1 aliphatic carbocycles. The molecule has 1 fully saturated rings. The van der Waals surface area contributed by atoms with Gasteiger partial charge in [-0.2, -0.15) is 4.98 Å². The van der Waals surface area contributed by atoms with Crippen molar-refractivity contribution in [3.05, 3.63) is 54.7 Å². The van der Waals surface area contributed by atoms with Crippen LogP contribution in [0.15, 0.2) is 54.7 Å². The molecule has 1 heterocycles. The highest BCUT2D eigenvalue weighted by Gasteiger charge is 2.22. The Morgan fingerprint density at radius 2 is 1.76 bits per heavy atom. The van der Waals surface area contributed by atoms with Gasteiger partial charge in [-0.25, -0.2) is 4.98 Å². The summed E-state index contributed by atoms with van der Waals surface area (Å²) in [6.45, 7) is 0.778. The molecule has 0 aliphatic heterocycles.